The van der Waals surface area contributed by atoms with E-state index in [1.165, 1.54) is 22.2 Å². The number of nitrogens with zero attached hydrogens (tertiary/aromatic N) is 2. The molecule has 0 aromatic heterocycles. The number of nitrogens with one attached hydrogen (secondary N) is 2. The number of amides is 4. The van der Waals surface area contributed by atoms with Crippen LogP contribution >= 0.6 is 0 Å². The molecule has 2 N–H and O–H groups in total. The summed E-state index contributed by atoms with van der Waals surface area (Å²) < 4.78 is 68.5. The lowest BCUT2D eigenvalue weighted by Crippen LogP contribution is -2.55. The number of carbonyl (C=O) groups is 4. The molecule has 36 heavy (non-hydrogen) atoms. The van der Waals surface area contributed by atoms with Crippen LogP contribution < -0.4 is 20.4 Å². The Labute approximate surface area is 202 Å². The minimum Gasteiger partial charge on any atom is -0.449 e. The average molecular weight is 520 g/mol. The van der Waals surface area contributed by atoms with Gasteiger partial charge in [-0.1, -0.05) is 12.1 Å². The summed E-state index contributed by atoms with van der Waals surface area (Å²) in [5.41, 5.74) is 0.689. The van der Waals surface area contributed by atoms with Crippen molar-refractivity contribution in [2.45, 2.75) is 37.9 Å². The quantitative estimate of drug-likeness (QED) is 0.424. The highest BCUT2D eigenvalue weighted by molar-refractivity contribution is 6.08. The highest BCUT2D eigenvalue weighted by Gasteiger charge is 2.57. The van der Waals surface area contributed by atoms with E-state index in [1.54, 1.807) is 24.3 Å². The molecule has 0 saturated heterocycles. The number of ether oxygens (including phenoxy) is 1. The summed E-state index contributed by atoms with van der Waals surface area (Å²) in [6.45, 7) is -1.24. The number of hydrogen-bond acceptors (Lipinski definition) is 5. The van der Waals surface area contributed by atoms with E-state index in [1.807, 2.05) is 0 Å². The number of para-hydroxylation sites is 2. The van der Waals surface area contributed by atoms with Gasteiger partial charge < -0.3 is 20.3 Å². The Morgan fingerprint density at radius 1 is 1.08 bits per heavy atom. The van der Waals surface area contributed by atoms with E-state index < -0.39 is 54.4 Å². The molecule has 1 saturated carbocycles. The first-order valence-corrected chi connectivity index (χ1v) is 11.1. The minimum absolute atomic E-state index is 0.193. The monoisotopic (exact) mass is 520 g/mol. The van der Waals surface area contributed by atoms with Gasteiger partial charge in [0.2, 0.25) is 11.8 Å². The molecule has 2 aliphatic rings. The zero-order valence-corrected chi connectivity index (χ0v) is 19.4. The van der Waals surface area contributed by atoms with Crippen molar-refractivity contribution >= 4 is 35.2 Å². The molecule has 3 rings (SSSR count). The fourth-order valence-corrected chi connectivity index (χ4v) is 3.39. The first kappa shape index (κ1) is 27.1. The molecule has 1 aliphatic heterocycles. The molecule has 198 valence electrons. The molecular weight excluding hydrogens is 495 g/mol. The molecule has 1 heterocycles. The van der Waals surface area contributed by atoms with Gasteiger partial charge in [-0.05, 0) is 37.8 Å². The molecule has 9 nitrogen and oxygen atoms in total. The lowest BCUT2D eigenvalue weighted by Gasteiger charge is -2.25. The molecule has 1 aliphatic carbocycles. The zero-order chi connectivity index (χ0) is 26.8. The predicted octanol–water partition coefficient (Wildman–Crippen LogP) is 2.45. The van der Waals surface area contributed by atoms with E-state index in [0.717, 1.165) is 19.8 Å². The molecule has 1 unspecified atom stereocenters. The van der Waals surface area contributed by atoms with E-state index in [9.17, 15) is 41.1 Å². The van der Waals surface area contributed by atoms with Crippen LogP contribution in [0.4, 0.5) is 38.1 Å². The van der Waals surface area contributed by atoms with Crippen molar-refractivity contribution < 1.29 is 45.9 Å². The van der Waals surface area contributed by atoms with Crippen molar-refractivity contribution in [2.24, 2.45) is 11.8 Å². The van der Waals surface area contributed by atoms with E-state index in [-0.39, 0.29) is 19.1 Å². The van der Waals surface area contributed by atoms with Crippen LogP contribution in [0.3, 0.4) is 0 Å². The third kappa shape index (κ3) is 6.02. The number of anilines is 2. The number of fused-ring (bicyclic) bond motifs is 1. The van der Waals surface area contributed by atoms with Crippen LogP contribution in [0.1, 0.15) is 19.8 Å². The summed E-state index contributed by atoms with van der Waals surface area (Å²) in [7, 11) is 1.41. The molecular formula is C22H25F5N4O5. The van der Waals surface area contributed by atoms with E-state index in [4.69, 9.17) is 4.74 Å². The van der Waals surface area contributed by atoms with Crippen LogP contribution in [0, 0.1) is 11.8 Å². The van der Waals surface area contributed by atoms with Crippen molar-refractivity contribution in [3.05, 3.63) is 24.3 Å². The maximum Gasteiger partial charge on any atom is 0.455 e. The Balaban J connectivity index is 1.72. The van der Waals surface area contributed by atoms with Crippen molar-refractivity contribution in [1.29, 1.82) is 0 Å². The first-order chi connectivity index (χ1) is 16.7. The Bertz CT molecular complexity index is 1030. The number of hydrogen-bond donors (Lipinski definition) is 2. The Kier molecular flexibility index (Phi) is 7.74. The topological polar surface area (TPSA) is 108 Å². The van der Waals surface area contributed by atoms with Crippen LogP contribution in [-0.4, -0.2) is 68.7 Å². The largest absolute Gasteiger partial charge is 0.455 e. The first-order valence-electron chi connectivity index (χ1n) is 11.1. The third-order valence-corrected chi connectivity index (χ3v) is 5.89. The second-order valence-corrected chi connectivity index (χ2v) is 8.72. The highest BCUT2D eigenvalue weighted by Crippen LogP contribution is 2.35. The minimum atomic E-state index is -5.88. The Morgan fingerprint density at radius 2 is 1.69 bits per heavy atom. The highest BCUT2D eigenvalue weighted by atomic mass is 19.4. The molecule has 1 fully saturated rings. The fraction of sp³-hybridized carbons (Fsp3) is 0.545. The second-order valence-electron chi connectivity index (χ2n) is 8.72. The van der Waals surface area contributed by atoms with Crippen LogP contribution in [0.15, 0.2) is 24.3 Å². The van der Waals surface area contributed by atoms with Gasteiger partial charge >= 0.3 is 18.2 Å². The number of halogens is 5. The van der Waals surface area contributed by atoms with Crippen LogP contribution in [0.2, 0.25) is 0 Å². The lowest BCUT2D eigenvalue weighted by molar-refractivity contribution is -0.278. The lowest BCUT2D eigenvalue weighted by atomic mass is 10.1. The van der Waals surface area contributed by atoms with Crippen LogP contribution in [0.5, 0.6) is 0 Å². The number of carbonyl (C=O) groups excluding carboxylic acids is 4. The summed E-state index contributed by atoms with van der Waals surface area (Å²) in [5, 5.41) is 3.70. The van der Waals surface area contributed by atoms with E-state index in [0.29, 0.717) is 11.4 Å². The smallest absolute Gasteiger partial charge is 0.449 e. The van der Waals surface area contributed by atoms with Gasteiger partial charge in [0.1, 0.15) is 12.0 Å². The van der Waals surface area contributed by atoms with Crippen molar-refractivity contribution in [3.63, 3.8) is 0 Å². The third-order valence-electron chi connectivity index (χ3n) is 5.89. The molecule has 2 atom stereocenters. The maximum absolute atomic E-state index is 13.1. The number of alkyl halides is 5. The van der Waals surface area contributed by atoms with Gasteiger partial charge in [-0.15, -0.1) is 0 Å². The van der Waals surface area contributed by atoms with Crippen LogP contribution in [0.25, 0.3) is 0 Å². The van der Waals surface area contributed by atoms with Crippen molar-refractivity contribution in [3.8, 4) is 0 Å². The Morgan fingerprint density at radius 3 is 2.28 bits per heavy atom. The fourth-order valence-electron chi connectivity index (χ4n) is 3.39. The van der Waals surface area contributed by atoms with Gasteiger partial charge in [0.05, 0.1) is 31.1 Å². The van der Waals surface area contributed by atoms with E-state index >= 15 is 0 Å². The Hall–Kier alpha value is -3.45. The number of likely N-dealkylation sites (N-methyl/N-ethyl adjacent to an activating group) is 1. The summed E-state index contributed by atoms with van der Waals surface area (Å²) in [6.07, 6.45) is -4.77. The normalized spacial score (nSPS) is 19.2. The van der Waals surface area contributed by atoms with Crippen molar-refractivity contribution in [1.82, 2.24) is 10.6 Å². The molecule has 0 spiro atoms. The van der Waals surface area contributed by atoms with Gasteiger partial charge in [0, 0.05) is 7.05 Å². The molecule has 14 heteroatoms. The molecule has 0 bridgehead atoms. The number of rotatable bonds is 7. The van der Waals surface area contributed by atoms with Gasteiger partial charge in [-0.3, -0.25) is 19.3 Å². The van der Waals surface area contributed by atoms with Gasteiger partial charge in [-0.25, -0.2) is 4.79 Å². The summed E-state index contributed by atoms with van der Waals surface area (Å²) in [5.74, 6) is -9.79. The molecule has 4 amide bonds. The standard InChI is InChI=1S/C22H25F5N4O5/c1-12(17(32)28-11-21(23,24)22(25,26)27)18(33)29-14-9-31(20(35)36-10-13-7-8-13)16-6-4-3-5-15(16)30(2)19(14)34/h3-6,12-14H,7-11H2,1-2H3,(H,28,32)(H,29,33)/t12?,14-/m0/s1. The second kappa shape index (κ2) is 10.3. The summed E-state index contributed by atoms with van der Waals surface area (Å²) in [4.78, 5) is 52.9. The maximum atomic E-state index is 13.1. The molecule has 1 aromatic carbocycles. The van der Waals surface area contributed by atoms with Gasteiger partial charge in [-0.2, -0.15) is 22.0 Å². The average Bonchev–Trinajstić information content (AvgIpc) is 3.66. The predicted molar refractivity (Wildman–Crippen MR) is 116 cm³/mol. The number of benzene rings is 1. The molecule has 0 radical (unpaired) electrons. The van der Waals surface area contributed by atoms with Gasteiger partial charge in [0.15, 0.2) is 0 Å². The van der Waals surface area contributed by atoms with E-state index in [2.05, 4.69) is 5.32 Å². The van der Waals surface area contributed by atoms with Gasteiger partial charge in [0.25, 0.3) is 5.91 Å². The van der Waals surface area contributed by atoms with Crippen molar-refractivity contribution in [2.75, 3.05) is 36.5 Å². The SMILES string of the molecule is CC(C(=O)NCC(F)(F)C(F)(F)F)C(=O)N[C@H]1CN(C(=O)OCC2CC2)c2ccccc2N(C)C1=O. The van der Waals surface area contributed by atoms with Crippen LogP contribution in [-0.2, 0) is 19.1 Å². The summed E-state index contributed by atoms with van der Waals surface area (Å²) in [6, 6.07) is 5.07. The molecule has 1 aromatic rings. The zero-order valence-electron chi connectivity index (χ0n) is 19.4. The summed E-state index contributed by atoms with van der Waals surface area (Å²) >= 11 is 0.